The third-order valence-electron chi connectivity index (χ3n) is 6.15. The Hall–Kier alpha value is -3.44. The van der Waals surface area contributed by atoms with Gasteiger partial charge in [-0.05, 0) is 48.3 Å². The number of benzene rings is 3. The molecule has 0 saturated carbocycles. The van der Waals surface area contributed by atoms with E-state index in [-0.39, 0.29) is 18.2 Å². The van der Waals surface area contributed by atoms with Crippen LogP contribution in [-0.4, -0.2) is 11.8 Å². The van der Waals surface area contributed by atoms with Crippen molar-refractivity contribution in [2.24, 2.45) is 0 Å². The topological polar surface area (TPSA) is 58.2 Å². The molecule has 1 aliphatic carbocycles. The average molecular weight is 455 g/mol. The maximum atomic E-state index is 13.6. The second-order valence-corrected chi connectivity index (χ2v) is 9.57. The van der Waals surface area contributed by atoms with Gasteiger partial charge in [-0.25, -0.2) is 0 Å². The van der Waals surface area contributed by atoms with E-state index in [9.17, 15) is 9.59 Å². The largest absolute Gasteiger partial charge is 0.321 e. The van der Waals surface area contributed by atoms with Crippen LogP contribution < -0.4 is 10.6 Å². The lowest BCUT2D eigenvalue weighted by molar-refractivity contribution is -0.115. The minimum Gasteiger partial charge on any atom is -0.321 e. The van der Waals surface area contributed by atoms with Crippen LogP contribution in [0.1, 0.15) is 45.6 Å². The van der Waals surface area contributed by atoms with Crippen molar-refractivity contribution in [3.8, 4) is 0 Å². The number of carbonyl (C=O) groups is 2. The smallest absolute Gasteiger partial charge is 0.258 e. The fourth-order valence-electron chi connectivity index (χ4n) is 4.54. The van der Waals surface area contributed by atoms with Gasteiger partial charge < -0.3 is 10.6 Å². The number of rotatable bonds is 5. The predicted molar refractivity (Wildman–Crippen MR) is 136 cm³/mol. The Morgan fingerprint density at radius 3 is 2.42 bits per heavy atom. The van der Waals surface area contributed by atoms with Crippen LogP contribution in [0.2, 0.25) is 0 Å². The van der Waals surface area contributed by atoms with Crippen molar-refractivity contribution in [3.63, 3.8) is 0 Å². The molecule has 0 radical (unpaired) electrons. The van der Waals surface area contributed by atoms with Gasteiger partial charge in [0, 0.05) is 16.0 Å². The molecule has 166 valence electrons. The van der Waals surface area contributed by atoms with Gasteiger partial charge in [-0.2, -0.15) is 0 Å². The fraction of sp³-hybridized carbons (Fsp3) is 0.214. The number of anilines is 2. The zero-order valence-corrected chi connectivity index (χ0v) is 19.2. The Labute approximate surface area is 197 Å². The third kappa shape index (κ3) is 4.69. The minimum atomic E-state index is -0.152. The van der Waals surface area contributed by atoms with Gasteiger partial charge in [0.2, 0.25) is 5.91 Å². The maximum absolute atomic E-state index is 13.6. The van der Waals surface area contributed by atoms with E-state index in [1.807, 2.05) is 72.8 Å². The highest BCUT2D eigenvalue weighted by Gasteiger charge is 2.26. The first-order valence-corrected chi connectivity index (χ1v) is 12.3. The zero-order chi connectivity index (χ0) is 22.6. The first-order valence-electron chi connectivity index (χ1n) is 11.5. The maximum Gasteiger partial charge on any atom is 0.258 e. The zero-order valence-electron chi connectivity index (χ0n) is 18.4. The van der Waals surface area contributed by atoms with Gasteiger partial charge in [0.25, 0.3) is 5.91 Å². The van der Waals surface area contributed by atoms with E-state index in [0.29, 0.717) is 10.6 Å². The van der Waals surface area contributed by atoms with Crippen LogP contribution in [0, 0.1) is 0 Å². The summed E-state index contributed by atoms with van der Waals surface area (Å²) in [4.78, 5) is 27.7. The van der Waals surface area contributed by atoms with Crippen LogP contribution in [0.4, 0.5) is 10.7 Å². The van der Waals surface area contributed by atoms with E-state index in [0.717, 1.165) is 53.3 Å². The molecule has 0 aliphatic heterocycles. The highest BCUT2D eigenvalue weighted by Crippen LogP contribution is 2.38. The van der Waals surface area contributed by atoms with Crippen LogP contribution in [-0.2, 0) is 24.1 Å². The highest BCUT2D eigenvalue weighted by atomic mass is 32.1. The molecule has 0 bridgehead atoms. The summed E-state index contributed by atoms with van der Waals surface area (Å²) in [6.07, 6.45) is 5.47. The second kappa shape index (κ2) is 9.59. The summed E-state index contributed by atoms with van der Waals surface area (Å²) in [6, 6.07) is 23.6. The summed E-state index contributed by atoms with van der Waals surface area (Å²) >= 11 is 1.56. The normalized spacial score (nSPS) is 13.2. The van der Waals surface area contributed by atoms with Crippen molar-refractivity contribution < 1.29 is 9.59 Å². The number of hydrogen-bond donors (Lipinski definition) is 2. The van der Waals surface area contributed by atoms with Crippen molar-refractivity contribution in [2.45, 2.75) is 38.5 Å². The molecule has 1 aliphatic rings. The molecular weight excluding hydrogens is 428 g/mol. The molecule has 0 atom stereocenters. The lowest BCUT2D eigenvalue weighted by atomic mass is 10.0. The molecule has 2 amide bonds. The SMILES string of the molecule is O=C(Cc1ccccc1)Nc1sc2c(c1C(=O)Nc1cccc3ccccc13)CCCCC2. The minimum absolute atomic E-state index is 0.100. The van der Waals surface area contributed by atoms with Crippen LogP contribution in [0.15, 0.2) is 72.8 Å². The Morgan fingerprint density at radius 2 is 1.55 bits per heavy atom. The van der Waals surface area contributed by atoms with Crippen LogP contribution >= 0.6 is 11.3 Å². The summed E-state index contributed by atoms with van der Waals surface area (Å²) in [7, 11) is 0. The molecule has 5 rings (SSSR count). The highest BCUT2D eigenvalue weighted by molar-refractivity contribution is 7.17. The number of aryl methyl sites for hydroxylation is 1. The molecule has 0 spiro atoms. The molecule has 3 aromatic carbocycles. The van der Waals surface area contributed by atoms with Crippen molar-refractivity contribution in [3.05, 3.63) is 94.4 Å². The Balaban J connectivity index is 1.46. The molecule has 2 N–H and O–H groups in total. The fourth-order valence-corrected chi connectivity index (χ4v) is 5.85. The Kier molecular flexibility index (Phi) is 6.22. The van der Waals surface area contributed by atoms with E-state index in [4.69, 9.17) is 0 Å². The van der Waals surface area contributed by atoms with E-state index in [2.05, 4.69) is 10.6 Å². The number of nitrogens with one attached hydrogen (secondary N) is 2. The van der Waals surface area contributed by atoms with E-state index >= 15 is 0 Å². The van der Waals surface area contributed by atoms with Crippen molar-refractivity contribution in [1.82, 2.24) is 0 Å². The molecule has 5 heteroatoms. The first-order chi connectivity index (χ1) is 16.2. The molecule has 0 unspecified atom stereocenters. The standard InChI is InChI=1S/C28H26N2O2S/c31-25(18-19-10-3-1-4-11-19)30-28-26(22-15-5-2-6-17-24(22)33-28)27(32)29-23-16-9-13-20-12-7-8-14-21(20)23/h1,3-4,7-14,16H,2,5-6,15,17-18H2,(H,29,32)(H,30,31). The summed E-state index contributed by atoms with van der Waals surface area (Å²) in [6.45, 7) is 0. The number of amides is 2. The summed E-state index contributed by atoms with van der Waals surface area (Å²) in [5.41, 5.74) is 3.47. The van der Waals surface area contributed by atoms with Crippen LogP contribution in [0.3, 0.4) is 0 Å². The Morgan fingerprint density at radius 1 is 0.788 bits per heavy atom. The monoisotopic (exact) mass is 454 g/mol. The molecule has 4 aromatic rings. The Bertz CT molecular complexity index is 1300. The lowest BCUT2D eigenvalue weighted by Gasteiger charge is -2.12. The lowest BCUT2D eigenvalue weighted by Crippen LogP contribution is -2.19. The van der Waals surface area contributed by atoms with E-state index < -0.39 is 0 Å². The molecule has 4 nitrogen and oxygen atoms in total. The average Bonchev–Trinajstić information content (AvgIpc) is 3.00. The number of carbonyl (C=O) groups excluding carboxylic acids is 2. The van der Waals surface area contributed by atoms with Gasteiger partial charge in [0.1, 0.15) is 5.00 Å². The number of hydrogen-bond acceptors (Lipinski definition) is 3. The van der Waals surface area contributed by atoms with E-state index in [1.165, 1.54) is 11.3 Å². The predicted octanol–water partition coefficient (Wildman–Crippen LogP) is 6.60. The van der Waals surface area contributed by atoms with E-state index in [1.54, 1.807) is 11.3 Å². The van der Waals surface area contributed by atoms with Crippen molar-refractivity contribution in [2.75, 3.05) is 10.6 Å². The molecule has 0 saturated heterocycles. The molecule has 1 aromatic heterocycles. The second-order valence-electron chi connectivity index (χ2n) is 8.46. The third-order valence-corrected chi connectivity index (χ3v) is 7.35. The van der Waals surface area contributed by atoms with Crippen molar-refractivity contribution >= 4 is 44.6 Å². The van der Waals surface area contributed by atoms with Gasteiger partial charge >= 0.3 is 0 Å². The van der Waals surface area contributed by atoms with Crippen LogP contribution in [0.25, 0.3) is 10.8 Å². The molecular formula is C28H26N2O2S. The summed E-state index contributed by atoms with van der Waals surface area (Å²) in [5.74, 6) is -0.252. The molecule has 0 fully saturated rings. The van der Waals surface area contributed by atoms with Gasteiger partial charge in [0.15, 0.2) is 0 Å². The first kappa shape index (κ1) is 21.4. The quantitative estimate of drug-likeness (QED) is 0.334. The van der Waals surface area contributed by atoms with Gasteiger partial charge in [-0.15, -0.1) is 11.3 Å². The van der Waals surface area contributed by atoms with Gasteiger partial charge in [-0.1, -0.05) is 73.2 Å². The molecule has 1 heterocycles. The van der Waals surface area contributed by atoms with Crippen LogP contribution in [0.5, 0.6) is 0 Å². The number of thiophene rings is 1. The number of fused-ring (bicyclic) bond motifs is 2. The summed E-state index contributed by atoms with van der Waals surface area (Å²) < 4.78 is 0. The summed E-state index contributed by atoms with van der Waals surface area (Å²) in [5, 5.41) is 8.95. The van der Waals surface area contributed by atoms with Gasteiger partial charge in [0.05, 0.1) is 12.0 Å². The molecule has 33 heavy (non-hydrogen) atoms. The van der Waals surface area contributed by atoms with Gasteiger partial charge in [-0.3, -0.25) is 9.59 Å². The van der Waals surface area contributed by atoms with Crippen molar-refractivity contribution in [1.29, 1.82) is 0 Å².